The molecule has 2 fully saturated rings. The second-order valence-electron chi connectivity index (χ2n) is 5.44. The second kappa shape index (κ2) is 4.19. The van der Waals surface area contributed by atoms with E-state index in [-0.39, 0.29) is 6.10 Å². The van der Waals surface area contributed by atoms with Gasteiger partial charge in [0, 0.05) is 12.5 Å². The molecule has 2 nitrogen and oxygen atoms in total. The maximum atomic E-state index is 10.1. The second-order valence-corrected chi connectivity index (χ2v) is 5.44. The summed E-state index contributed by atoms with van der Waals surface area (Å²) in [5.74, 6) is 1.95. The summed E-state index contributed by atoms with van der Waals surface area (Å²) >= 11 is 0. The molecule has 0 aromatic carbocycles. The van der Waals surface area contributed by atoms with Crippen molar-refractivity contribution >= 4 is 0 Å². The highest BCUT2D eigenvalue weighted by Gasteiger charge is 2.34. The molecule has 0 amide bonds. The first-order chi connectivity index (χ1) is 6.66. The molecule has 0 spiro atoms. The van der Waals surface area contributed by atoms with Crippen LogP contribution in [0.5, 0.6) is 0 Å². The van der Waals surface area contributed by atoms with E-state index in [1.165, 1.54) is 25.9 Å². The van der Waals surface area contributed by atoms with Crippen molar-refractivity contribution in [3.8, 4) is 0 Å². The summed E-state index contributed by atoms with van der Waals surface area (Å²) < 4.78 is 0. The predicted octanol–water partition coefficient (Wildman–Crippen LogP) is 1.74. The quantitative estimate of drug-likeness (QED) is 0.729. The number of hydrogen-bond donors (Lipinski definition) is 1. The van der Waals surface area contributed by atoms with Gasteiger partial charge in [-0.15, -0.1) is 0 Å². The van der Waals surface area contributed by atoms with Gasteiger partial charge >= 0.3 is 0 Å². The van der Waals surface area contributed by atoms with E-state index in [2.05, 4.69) is 18.7 Å². The number of aliphatic hydroxyl groups is 1. The molecule has 2 heteroatoms. The maximum Gasteiger partial charge on any atom is 0.0585 e. The molecule has 1 heterocycles. The van der Waals surface area contributed by atoms with Crippen LogP contribution in [0.25, 0.3) is 0 Å². The largest absolute Gasteiger partial charge is 0.393 e. The molecule has 1 aliphatic heterocycles. The fourth-order valence-electron chi connectivity index (χ4n) is 3.04. The van der Waals surface area contributed by atoms with E-state index in [9.17, 15) is 5.11 Å². The SMILES string of the molecule is CC1CC(C)C(CN2CCC2)C(O)C1. The van der Waals surface area contributed by atoms with Crippen LogP contribution in [0.15, 0.2) is 0 Å². The average Bonchev–Trinajstić information content (AvgIpc) is 1.98. The van der Waals surface area contributed by atoms with Crippen LogP contribution in [0.2, 0.25) is 0 Å². The minimum absolute atomic E-state index is 0.0469. The molecule has 0 aromatic rings. The van der Waals surface area contributed by atoms with Crippen LogP contribution in [0.3, 0.4) is 0 Å². The Hall–Kier alpha value is -0.0800. The Morgan fingerprint density at radius 2 is 1.93 bits per heavy atom. The Kier molecular flexibility index (Phi) is 3.13. The van der Waals surface area contributed by atoms with Crippen molar-refractivity contribution in [2.75, 3.05) is 19.6 Å². The van der Waals surface area contributed by atoms with Gasteiger partial charge in [0.25, 0.3) is 0 Å². The van der Waals surface area contributed by atoms with E-state index >= 15 is 0 Å². The summed E-state index contributed by atoms with van der Waals surface area (Å²) in [7, 11) is 0. The smallest absolute Gasteiger partial charge is 0.0585 e. The van der Waals surface area contributed by atoms with Crippen LogP contribution in [0, 0.1) is 17.8 Å². The lowest BCUT2D eigenvalue weighted by molar-refractivity contribution is -0.0118. The summed E-state index contributed by atoms with van der Waals surface area (Å²) in [4.78, 5) is 2.49. The van der Waals surface area contributed by atoms with Gasteiger partial charge in [0.1, 0.15) is 0 Å². The Labute approximate surface area is 87.3 Å². The van der Waals surface area contributed by atoms with E-state index < -0.39 is 0 Å². The minimum atomic E-state index is -0.0469. The van der Waals surface area contributed by atoms with Crippen LogP contribution in [0.1, 0.15) is 33.1 Å². The van der Waals surface area contributed by atoms with Crippen molar-refractivity contribution in [1.29, 1.82) is 0 Å². The zero-order valence-electron chi connectivity index (χ0n) is 9.45. The molecule has 0 aromatic heterocycles. The number of aliphatic hydroxyl groups excluding tert-OH is 1. The summed E-state index contributed by atoms with van der Waals surface area (Å²) in [6.45, 7) is 8.22. The minimum Gasteiger partial charge on any atom is -0.393 e. The third-order valence-electron chi connectivity index (χ3n) is 4.06. The molecule has 2 rings (SSSR count). The summed E-state index contributed by atoms with van der Waals surface area (Å²) in [6.07, 6.45) is 3.63. The van der Waals surface area contributed by atoms with Crippen LogP contribution in [-0.2, 0) is 0 Å². The molecule has 0 bridgehead atoms. The normalized spacial score (nSPS) is 44.8. The number of nitrogens with zero attached hydrogens (tertiary/aromatic N) is 1. The lowest BCUT2D eigenvalue weighted by atomic mass is 9.73. The first kappa shape index (κ1) is 10.4. The molecular formula is C12H23NO. The fourth-order valence-corrected chi connectivity index (χ4v) is 3.04. The van der Waals surface area contributed by atoms with Crippen molar-refractivity contribution in [1.82, 2.24) is 4.90 Å². The molecule has 4 atom stereocenters. The van der Waals surface area contributed by atoms with Gasteiger partial charge < -0.3 is 10.0 Å². The monoisotopic (exact) mass is 197 g/mol. The highest BCUT2D eigenvalue weighted by molar-refractivity contribution is 4.86. The molecule has 1 N–H and O–H groups in total. The van der Waals surface area contributed by atoms with Crippen molar-refractivity contribution in [2.24, 2.45) is 17.8 Å². The third kappa shape index (κ3) is 2.12. The molecule has 4 unspecified atom stereocenters. The fraction of sp³-hybridized carbons (Fsp3) is 1.00. The summed E-state index contributed by atoms with van der Waals surface area (Å²) in [5.41, 5.74) is 0. The van der Waals surface area contributed by atoms with Gasteiger partial charge in [0.2, 0.25) is 0 Å². The molecule has 1 aliphatic carbocycles. The number of likely N-dealkylation sites (tertiary alicyclic amines) is 1. The molecule has 2 aliphatic rings. The average molecular weight is 197 g/mol. The van der Waals surface area contributed by atoms with Gasteiger partial charge in [0.05, 0.1) is 6.10 Å². The standard InChI is InChI=1S/C12H23NO/c1-9-6-10(2)11(12(14)7-9)8-13-4-3-5-13/h9-12,14H,3-8H2,1-2H3. The molecule has 1 saturated heterocycles. The van der Waals surface area contributed by atoms with Crippen LogP contribution >= 0.6 is 0 Å². The van der Waals surface area contributed by atoms with Crippen LogP contribution < -0.4 is 0 Å². The van der Waals surface area contributed by atoms with Crippen LogP contribution in [-0.4, -0.2) is 35.7 Å². The number of hydrogen-bond acceptors (Lipinski definition) is 2. The van der Waals surface area contributed by atoms with E-state index in [0.717, 1.165) is 13.0 Å². The van der Waals surface area contributed by atoms with Gasteiger partial charge in [-0.1, -0.05) is 13.8 Å². The molecule has 82 valence electrons. The van der Waals surface area contributed by atoms with Gasteiger partial charge in [-0.05, 0) is 44.2 Å². The number of rotatable bonds is 2. The van der Waals surface area contributed by atoms with Gasteiger partial charge in [-0.2, -0.15) is 0 Å². The summed E-state index contributed by atoms with van der Waals surface area (Å²) in [6, 6.07) is 0. The predicted molar refractivity (Wildman–Crippen MR) is 58.1 cm³/mol. The Morgan fingerprint density at radius 3 is 2.43 bits per heavy atom. The van der Waals surface area contributed by atoms with Gasteiger partial charge in [-0.3, -0.25) is 0 Å². The zero-order valence-corrected chi connectivity index (χ0v) is 9.45. The third-order valence-corrected chi connectivity index (χ3v) is 4.06. The molecule has 0 radical (unpaired) electrons. The Balaban J connectivity index is 1.87. The Morgan fingerprint density at radius 1 is 1.21 bits per heavy atom. The van der Waals surface area contributed by atoms with E-state index in [1.807, 2.05) is 0 Å². The van der Waals surface area contributed by atoms with Gasteiger partial charge in [0.15, 0.2) is 0 Å². The lowest BCUT2D eigenvalue weighted by Gasteiger charge is -2.42. The van der Waals surface area contributed by atoms with Crippen molar-refractivity contribution in [3.63, 3.8) is 0 Å². The lowest BCUT2D eigenvalue weighted by Crippen LogP contribution is -2.47. The van der Waals surface area contributed by atoms with E-state index in [1.54, 1.807) is 0 Å². The van der Waals surface area contributed by atoms with Crippen LogP contribution in [0.4, 0.5) is 0 Å². The van der Waals surface area contributed by atoms with E-state index in [4.69, 9.17) is 0 Å². The highest BCUT2D eigenvalue weighted by Crippen LogP contribution is 2.34. The van der Waals surface area contributed by atoms with Gasteiger partial charge in [-0.25, -0.2) is 0 Å². The van der Waals surface area contributed by atoms with Crippen molar-refractivity contribution < 1.29 is 5.11 Å². The zero-order chi connectivity index (χ0) is 10.1. The topological polar surface area (TPSA) is 23.5 Å². The molecule has 1 saturated carbocycles. The molecule has 14 heavy (non-hydrogen) atoms. The van der Waals surface area contributed by atoms with Crippen molar-refractivity contribution in [2.45, 2.75) is 39.2 Å². The van der Waals surface area contributed by atoms with Crippen molar-refractivity contribution in [3.05, 3.63) is 0 Å². The molecular weight excluding hydrogens is 174 g/mol. The first-order valence-corrected chi connectivity index (χ1v) is 6.07. The van der Waals surface area contributed by atoms with E-state index in [0.29, 0.717) is 17.8 Å². The first-order valence-electron chi connectivity index (χ1n) is 6.07. The Bertz CT molecular complexity index is 179. The maximum absolute atomic E-state index is 10.1. The highest BCUT2D eigenvalue weighted by atomic mass is 16.3. The summed E-state index contributed by atoms with van der Waals surface area (Å²) in [5, 5.41) is 10.1.